The van der Waals surface area contributed by atoms with E-state index in [1.165, 1.54) is 12.4 Å². The number of aryl methyl sites for hydroxylation is 2. The number of aromatic nitrogens is 5. The Balaban J connectivity index is 1.28. The maximum Gasteiger partial charge on any atom is 0.410 e. The van der Waals surface area contributed by atoms with Crippen molar-refractivity contribution < 1.29 is 19.1 Å². The van der Waals surface area contributed by atoms with E-state index in [1.807, 2.05) is 40.8 Å². The van der Waals surface area contributed by atoms with Gasteiger partial charge in [-0.15, -0.1) is 0 Å². The highest BCUT2D eigenvalue weighted by molar-refractivity contribution is 5.94. The first-order chi connectivity index (χ1) is 20.0. The molecule has 216 valence electrons. The Hall–Kier alpha value is -5.25. The van der Waals surface area contributed by atoms with Gasteiger partial charge in [0.1, 0.15) is 28.7 Å². The van der Waals surface area contributed by atoms with Gasteiger partial charge in [0.15, 0.2) is 11.4 Å². The SMILES string of the molecule is Cc1cc(C#N)ncc1Oc1cc(Nc2ccc(C(=O)N3CCN(C(=O)OC(C)(C)C)CC3)cn2)c2ncn(C)c2n1. The van der Waals surface area contributed by atoms with E-state index in [9.17, 15) is 9.59 Å². The van der Waals surface area contributed by atoms with Gasteiger partial charge in [0, 0.05) is 45.5 Å². The predicted molar refractivity (Wildman–Crippen MR) is 154 cm³/mol. The molecule has 4 aromatic rings. The highest BCUT2D eigenvalue weighted by Crippen LogP contribution is 2.31. The van der Waals surface area contributed by atoms with E-state index in [1.54, 1.807) is 45.0 Å². The van der Waals surface area contributed by atoms with Gasteiger partial charge in [-0.05, 0) is 51.5 Å². The van der Waals surface area contributed by atoms with Gasteiger partial charge in [-0.2, -0.15) is 10.2 Å². The Morgan fingerprint density at radius 2 is 1.76 bits per heavy atom. The summed E-state index contributed by atoms with van der Waals surface area (Å²) in [7, 11) is 1.83. The fraction of sp³-hybridized carbons (Fsp3) is 0.345. The van der Waals surface area contributed by atoms with Crippen LogP contribution in [0.1, 0.15) is 42.4 Å². The molecule has 2 amide bonds. The van der Waals surface area contributed by atoms with Crippen molar-refractivity contribution in [1.29, 1.82) is 5.26 Å². The molecule has 0 radical (unpaired) electrons. The molecule has 0 saturated carbocycles. The van der Waals surface area contributed by atoms with Crippen molar-refractivity contribution in [3.8, 4) is 17.7 Å². The summed E-state index contributed by atoms with van der Waals surface area (Å²) in [5.41, 5.74) is 2.73. The lowest BCUT2D eigenvalue weighted by Gasteiger charge is -2.35. The number of imidazole rings is 1. The summed E-state index contributed by atoms with van der Waals surface area (Å²) in [5.74, 6) is 1.13. The number of pyridine rings is 3. The molecule has 0 unspecified atom stereocenters. The Morgan fingerprint density at radius 3 is 2.40 bits per heavy atom. The van der Waals surface area contributed by atoms with Gasteiger partial charge in [-0.25, -0.2) is 19.7 Å². The van der Waals surface area contributed by atoms with Crippen molar-refractivity contribution in [2.45, 2.75) is 33.3 Å². The van der Waals surface area contributed by atoms with Crippen molar-refractivity contribution in [2.24, 2.45) is 7.05 Å². The van der Waals surface area contributed by atoms with Crippen LogP contribution in [0.2, 0.25) is 0 Å². The summed E-state index contributed by atoms with van der Waals surface area (Å²) in [6.07, 6.45) is 4.29. The third-order valence-corrected chi connectivity index (χ3v) is 6.53. The average molecular weight is 570 g/mol. The van der Waals surface area contributed by atoms with Crippen LogP contribution in [-0.4, -0.2) is 78.1 Å². The van der Waals surface area contributed by atoms with Gasteiger partial charge < -0.3 is 29.2 Å². The Kier molecular flexibility index (Phi) is 7.62. The van der Waals surface area contributed by atoms with Crippen molar-refractivity contribution in [1.82, 2.24) is 34.3 Å². The maximum atomic E-state index is 13.1. The van der Waals surface area contributed by atoms with Crippen molar-refractivity contribution in [2.75, 3.05) is 31.5 Å². The molecule has 1 aliphatic rings. The number of hydrogen-bond acceptors (Lipinski definition) is 10. The van der Waals surface area contributed by atoms with Crippen LogP contribution in [-0.2, 0) is 11.8 Å². The second-order valence-corrected chi connectivity index (χ2v) is 10.9. The molecule has 1 aliphatic heterocycles. The molecular formula is C29H31N9O4. The van der Waals surface area contributed by atoms with E-state index in [0.717, 1.165) is 5.56 Å². The largest absolute Gasteiger partial charge is 0.444 e. The van der Waals surface area contributed by atoms with E-state index >= 15 is 0 Å². The number of anilines is 2. The van der Waals surface area contributed by atoms with Crippen LogP contribution < -0.4 is 10.1 Å². The zero-order valence-electron chi connectivity index (χ0n) is 24.1. The molecule has 0 spiro atoms. The summed E-state index contributed by atoms with van der Waals surface area (Å²) < 4.78 is 13.2. The molecule has 5 rings (SSSR count). The Morgan fingerprint density at radius 1 is 1.02 bits per heavy atom. The molecule has 13 nitrogen and oxygen atoms in total. The van der Waals surface area contributed by atoms with Gasteiger partial charge in [0.05, 0.1) is 23.8 Å². The van der Waals surface area contributed by atoms with Crippen molar-refractivity contribution in [3.05, 3.63) is 59.8 Å². The number of carbonyl (C=O) groups excluding carboxylic acids is 2. The molecule has 0 bridgehead atoms. The van der Waals surface area contributed by atoms with Gasteiger partial charge in [-0.1, -0.05) is 0 Å². The van der Waals surface area contributed by atoms with Crippen molar-refractivity contribution in [3.63, 3.8) is 0 Å². The first-order valence-electron chi connectivity index (χ1n) is 13.4. The molecule has 0 aliphatic carbocycles. The average Bonchev–Trinajstić information content (AvgIpc) is 3.34. The number of nitrogens with one attached hydrogen (secondary N) is 1. The predicted octanol–water partition coefficient (Wildman–Crippen LogP) is 4.17. The number of amides is 2. The van der Waals surface area contributed by atoms with E-state index < -0.39 is 5.60 Å². The zero-order valence-corrected chi connectivity index (χ0v) is 24.1. The fourth-order valence-corrected chi connectivity index (χ4v) is 4.38. The van der Waals surface area contributed by atoms with E-state index in [0.29, 0.717) is 71.7 Å². The van der Waals surface area contributed by atoms with E-state index in [-0.39, 0.29) is 12.0 Å². The third-order valence-electron chi connectivity index (χ3n) is 6.53. The summed E-state index contributed by atoms with van der Waals surface area (Å²) >= 11 is 0. The summed E-state index contributed by atoms with van der Waals surface area (Å²) in [6, 6.07) is 8.78. The number of fused-ring (bicyclic) bond motifs is 1. The minimum Gasteiger partial charge on any atom is -0.444 e. The summed E-state index contributed by atoms with van der Waals surface area (Å²) in [4.78, 5) is 46.3. The van der Waals surface area contributed by atoms with E-state index in [2.05, 4.69) is 25.3 Å². The molecule has 0 atom stereocenters. The smallest absolute Gasteiger partial charge is 0.410 e. The summed E-state index contributed by atoms with van der Waals surface area (Å²) in [5, 5.41) is 12.3. The van der Waals surface area contributed by atoms with Crippen molar-refractivity contribution >= 4 is 34.7 Å². The monoisotopic (exact) mass is 569 g/mol. The lowest BCUT2D eigenvalue weighted by Crippen LogP contribution is -2.51. The minimum atomic E-state index is -0.569. The topological polar surface area (TPSA) is 151 Å². The zero-order chi connectivity index (χ0) is 30.0. The van der Waals surface area contributed by atoms with Crippen LogP contribution in [0.5, 0.6) is 11.6 Å². The van der Waals surface area contributed by atoms with Gasteiger partial charge >= 0.3 is 6.09 Å². The van der Waals surface area contributed by atoms with Gasteiger partial charge in [0.25, 0.3) is 5.91 Å². The van der Waals surface area contributed by atoms with Crippen LogP contribution >= 0.6 is 0 Å². The highest BCUT2D eigenvalue weighted by atomic mass is 16.6. The molecule has 4 aromatic heterocycles. The van der Waals surface area contributed by atoms with Gasteiger partial charge in [0.2, 0.25) is 5.88 Å². The Labute approximate surface area is 242 Å². The van der Waals surface area contributed by atoms with Crippen LogP contribution in [0.3, 0.4) is 0 Å². The second kappa shape index (κ2) is 11.3. The number of nitriles is 1. The Bertz CT molecular complexity index is 1680. The standard InChI is InChI=1S/C29H31N9O4/c1-18-12-20(14-30)31-16-22(18)41-24-13-21(25-26(35-24)36(5)17-33-25)34-23-7-6-19(15-32-23)27(39)37-8-10-38(11-9-37)28(40)42-29(2,3)4/h6-7,12-13,15-17H,8-11H2,1-5H3,(H,32,34,35). The molecule has 13 heteroatoms. The first kappa shape index (κ1) is 28.3. The molecular weight excluding hydrogens is 538 g/mol. The number of piperazine rings is 1. The first-order valence-corrected chi connectivity index (χ1v) is 13.4. The quantitative estimate of drug-likeness (QED) is 0.371. The summed E-state index contributed by atoms with van der Waals surface area (Å²) in [6.45, 7) is 8.92. The molecule has 1 saturated heterocycles. The van der Waals surface area contributed by atoms with Crippen LogP contribution in [0.25, 0.3) is 11.2 Å². The fourth-order valence-electron chi connectivity index (χ4n) is 4.38. The number of rotatable bonds is 5. The maximum absolute atomic E-state index is 13.1. The molecule has 1 fully saturated rings. The highest BCUT2D eigenvalue weighted by Gasteiger charge is 2.28. The normalized spacial score (nSPS) is 13.5. The van der Waals surface area contributed by atoms with Crippen LogP contribution in [0, 0.1) is 18.3 Å². The molecule has 5 heterocycles. The third kappa shape index (κ3) is 6.22. The number of carbonyl (C=O) groups is 2. The number of nitrogens with zero attached hydrogens (tertiary/aromatic N) is 8. The lowest BCUT2D eigenvalue weighted by molar-refractivity contribution is 0.0141. The minimum absolute atomic E-state index is 0.156. The van der Waals surface area contributed by atoms with Gasteiger partial charge in [-0.3, -0.25) is 4.79 Å². The second-order valence-electron chi connectivity index (χ2n) is 10.9. The number of hydrogen-bond donors (Lipinski definition) is 1. The number of ether oxygens (including phenoxy) is 2. The van der Waals surface area contributed by atoms with E-state index in [4.69, 9.17) is 14.7 Å². The molecule has 42 heavy (non-hydrogen) atoms. The van der Waals surface area contributed by atoms with Crippen LogP contribution in [0.15, 0.2) is 43.0 Å². The molecule has 0 aromatic carbocycles. The molecule has 1 N–H and O–H groups in total. The van der Waals surface area contributed by atoms with Crippen LogP contribution in [0.4, 0.5) is 16.3 Å². The lowest BCUT2D eigenvalue weighted by atomic mass is 10.2.